The van der Waals surface area contributed by atoms with Gasteiger partial charge in [-0.05, 0) is 16.8 Å². The van der Waals surface area contributed by atoms with Crippen molar-refractivity contribution < 1.29 is 4.74 Å². The Morgan fingerprint density at radius 2 is 2.05 bits per heavy atom. The zero-order chi connectivity index (χ0) is 13.8. The summed E-state index contributed by atoms with van der Waals surface area (Å²) in [4.78, 5) is 7.29. The molecule has 0 saturated heterocycles. The predicted octanol–water partition coefficient (Wildman–Crippen LogP) is 2.86. The number of benzene rings is 2. The van der Waals surface area contributed by atoms with Crippen LogP contribution in [0, 0.1) is 0 Å². The summed E-state index contributed by atoms with van der Waals surface area (Å²) in [6.07, 6.45) is 3.59. The van der Waals surface area contributed by atoms with Crippen LogP contribution in [0.15, 0.2) is 48.8 Å². The zero-order valence-electron chi connectivity index (χ0n) is 11.4. The fourth-order valence-corrected chi connectivity index (χ4v) is 2.39. The molecule has 0 saturated carbocycles. The van der Waals surface area contributed by atoms with Gasteiger partial charge in [0.05, 0.1) is 13.7 Å². The van der Waals surface area contributed by atoms with Crippen LogP contribution in [-0.2, 0) is 13.1 Å². The van der Waals surface area contributed by atoms with E-state index in [4.69, 9.17) is 4.74 Å². The molecule has 0 aliphatic heterocycles. The summed E-state index contributed by atoms with van der Waals surface area (Å²) in [5.41, 5.74) is 1.18. The standard InChI is InChI=1S/C16H17N3O/c1-20-15-7-6-12-4-2-3-5-13(12)14(15)10-17-11-16-18-8-9-19-16/h2-9,17H,10-11H2,1H3,(H,18,19). The van der Waals surface area contributed by atoms with E-state index in [1.54, 1.807) is 13.3 Å². The van der Waals surface area contributed by atoms with Crippen LogP contribution in [0.1, 0.15) is 11.4 Å². The Labute approximate surface area is 117 Å². The highest BCUT2D eigenvalue weighted by Gasteiger charge is 2.07. The molecule has 1 heterocycles. The second-order valence-corrected chi connectivity index (χ2v) is 4.61. The maximum absolute atomic E-state index is 5.48. The number of ether oxygens (including phenoxy) is 1. The SMILES string of the molecule is COc1ccc2ccccc2c1CNCc1ncc[nH]1. The first kappa shape index (κ1) is 12.7. The molecular weight excluding hydrogens is 250 g/mol. The number of rotatable bonds is 5. The molecule has 0 fully saturated rings. The quantitative estimate of drug-likeness (QED) is 0.747. The van der Waals surface area contributed by atoms with Gasteiger partial charge in [-0.15, -0.1) is 0 Å². The summed E-state index contributed by atoms with van der Waals surface area (Å²) in [6, 6.07) is 12.5. The first-order valence-corrected chi connectivity index (χ1v) is 6.62. The molecule has 0 aliphatic rings. The van der Waals surface area contributed by atoms with Crippen molar-refractivity contribution in [3.05, 3.63) is 60.2 Å². The number of hydrogen-bond acceptors (Lipinski definition) is 3. The summed E-state index contributed by atoms with van der Waals surface area (Å²) in [7, 11) is 1.71. The minimum absolute atomic E-state index is 0.708. The van der Waals surface area contributed by atoms with Crippen LogP contribution in [-0.4, -0.2) is 17.1 Å². The monoisotopic (exact) mass is 267 g/mol. The van der Waals surface area contributed by atoms with E-state index in [-0.39, 0.29) is 0 Å². The van der Waals surface area contributed by atoms with Gasteiger partial charge >= 0.3 is 0 Å². The Balaban J connectivity index is 1.85. The molecule has 0 atom stereocenters. The molecule has 4 nitrogen and oxygen atoms in total. The molecule has 0 spiro atoms. The van der Waals surface area contributed by atoms with Gasteiger partial charge in [-0.3, -0.25) is 0 Å². The predicted molar refractivity (Wildman–Crippen MR) is 79.6 cm³/mol. The number of aromatic amines is 1. The van der Waals surface area contributed by atoms with Crippen molar-refractivity contribution in [3.63, 3.8) is 0 Å². The van der Waals surface area contributed by atoms with Crippen LogP contribution in [0.5, 0.6) is 5.75 Å². The fraction of sp³-hybridized carbons (Fsp3) is 0.188. The Hall–Kier alpha value is -2.33. The van der Waals surface area contributed by atoms with Crippen LogP contribution in [0.3, 0.4) is 0 Å². The van der Waals surface area contributed by atoms with E-state index in [9.17, 15) is 0 Å². The second-order valence-electron chi connectivity index (χ2n) is 4.61. The van der Waals surface area contributed by atoms with Crippen molar-refractivity contribution in [1.82, 2.24) is 15.3 Å². The van der Waals surface area contributed by atoms with Gasteiger partial charge in [-0.25, -0.2) is 4.98 Å². The maximum Gasteiger partial charge on any atom is 0.123 e. The van der Waals surface area contributed by atoms with Crippen molar-refractivity contribution in [2.75, 3.05) is 7.11 Å². The smallest absolute Gasteiger partial charge is 0.123 e. The van der Waals surface area contributed by atoms with E-state index in [2.05, 4.69) is 45.6 Å². The average molecular weight is 267 g/mol. The molecule has 0 aliphatic carbocycles. The molecule has 4 heteroatoms. The highest BCUT2D eigenvalue weighted by Crippen LogP contribution is 2.27. The molecule has 1 aromatic heterocycles. The van der Waals surface area contributed by atoms with Gasteiger partial charge < -0.3 is 15.0 Å². The summed E-state index contributed by atoms with van der Waals surface area (Å²) >= 11 is 0. The van der Waals surface area contributed by atoms with E-state index < -0.39 is 0 Å². The molecule has 0 unspecified atom stereocenters. The van der Waals surface area contributed by atoms with Crippen LogP contribution >= 0.6 is 0 Å². The highest BCUT2D eigenvalue weighted by atomic mass is 16.5. The lowest BCUT2D eigenvalue weighted by Crippen LogP contribution is -2.14. The van der Waals surface area contributed by atoms with Crippen molar-refractivity contribution >= 4 is 10.8 Å². The molecule has 0 bridgehead atoms. The molecule has 0 amide bonds. The van der Waals surface area contributed by atoms with Gasteiger partial charge in [0, 0.05) is 24.5 Å². The first-order chi connectivity index (χ1) is 9.88. The molecule has 3 rings (SSSR count). The summed E-state index contributed by atoms with van der Waals surface area (Å²) in [6.45, 7) is 1.45. The van der Waals surface area contributed by atoms with Gasteiger partial charge in [0.15, 0.2) is 0 Å². The minimum Gasteiger partial charge on any atom is -0.496 e. The summed E-state index contributed by atoms with van der Waals surface area (Å²) < 4.78 is 5.48. The third-order valence-electron chi connectivity index (χ3n) is 3.37. The number of hydrogen-bond donors (Lipinski definition) is 2. The van der Waals surface area contributed by atoms with Gasteiger partial charge in [0.25, 0.3) is 0 Å². The van der Waals surface area contributed by atoms with Crippen LogP contribution in [0.2, 0.25) is 0 Å². The Kier molecular flexibility index (Phi) is 3.65. The normalized spacial score (nSPS) is 10.8. The van der Waals surface area contributed by atoms with E-state index in [1.165, 1.54) is 16.3 Å². The van der Waals surface area contributed by atoms with E-state index in [0.29, 0.717) is 6.54 Å². The molecule has 20 heavy (non-hydrogen) atoms. The third kappa shape index (κ3) is 2.51. The lowest BCUT2D eigenvalue weighted by atomic mass is 10.0. The summed E-state index contributed by atoms with van der Waals surface area (Å²) in [5, 5.41) is 5.84. The van der Waals surface area contributed by atoms with Crippen LogP contribution in [0.25, 0.3) is 10.8 Å². The van der Waals surface area contributed by atoms with E-state index in [1.807, 2.05) is 12.3 Å². The van der Waals surface area contributed by atoms with E-state index in [0.717, 1.165) is 18.1 Å². The van der Waals surface area contributed by atoms with E-state index >= 15 is 0 Å². The molecule has 2 N–H and O–H groups in total. The third-order valence-corrected chi connectivity index (χ3v) is 3.37. The van der Waals surface area contributed by atoms with Gasteiger partial charge in [0.1, 0.15) is 11.6 Å². The van der Waals surface area contributed by atoms with Crippen molar-refractivity contribution in [3.8, 4) is 5.75 Å². The highest BCUT2D eigenvalue weighted by molar-refractivity contribution is 5.87. The Morgan fingerprint density at radius 3 is 2.85 bits per heavy atom. The van der Waals surface area contributed by atoms with Gasteiger partial charge in [0.2, 0.25) is 0 Å². The average Bonchev–Trinajstić information content (AvgIpc) is 3.00. The fourth-order valence-electron chi connectivity index (χ4n) is 2.39. The number of methoxy groups -OCH3 is 1. The van der Waals surface area contributed by atoms with Gasteiger partial charge in [-0.2, -0.15) is 0 Å². The molecule has 2 aromatic carbocycles. The summed E-state index contributed by atoms with van der Waals surface area (Å²) in [5.74, 6) is 1.85. The lowest BCUT2D eigenvalue weighted by Gasteiger charge is -2.12. The number of aromatic nitrogens is 2. The number of nitrogens with one attached hydrogen (secondary N) is 2. The molecule has 0 radical (unpaired) electrons. The van der Waals surface area contributed by atoms with Crippen molar-refractivity contribution in [2.24, 2.45) is 0 Å². The second kappa shape index (κ2) is 5.75. The zero-order valence-corrected chi connectivity index (χ0v) is 11.4. The largest absolute Gasteiger partial charge is 0.496 e. The number of H-pyrrole nitrogens is 1. The van der Waals surface area contributed by atoms with Crippen molar-refractivity contribution in [1.29, 1.82) is 0 Å². The number of fused-ring (bicyclic) bond motifs is 1. The van der Waals surface area contributed by atoms with Crippen molar-refractivity contribution in [2.45, 2.75) is 13.1 Å². The molecule has 102 valence electrons. The minimum atomic E-state index is 0.708. The molecule has 3 aromatic rings. The first-order valence-electron chi connectivity index (χ1n) is 6.62. The molecular formula is C16H17N3O. The lowest BCUT2D eigenvalue weighted by molar-refractivity contribution is 0.408. The number of nitrogens with zero attached hydrogens (tertiary/aromatic N) is 1. The Bertz CT molecular complexity index is 692. The maximum atomic E-state index is 5.48. The van der Waals surface area contributed by atoms with Crippen LogP contribution < -0.4 is 10.1 Å². The van der Waals surface area contributed by atoms with Gasteiger partial charge in [-0.1, -0.05) is 30.3 Å². The Morgan fingerprint density at radius 1 is 1.15 bits per heavy atom. The topological polar surface area (TPSA) is 49.9 Å². The number of imidazole rings is 1. The van der Waals surface area contributed by atoms with Crippen LogP contribution in [0.4, 0.5) is 0 Å².